The predicted molar refractivity (Wildman–Crippen MR) is 80.3 cm³/mol. The highest BCUT2D eigenvalue weighted by atomic mass is 32.2. The second kappa shape index (κ2) is 6.02. The Morgan fingerprint density at radius 3 is 2.84 bits per heavy atom. The number of methoxy groups -OCH3 is 1. The Kier molecular flexibility index (Phi) is 4.37. The van der Waals surface area contributed by atoms with Gasteiger partial charge in [0.25, 0.3) is 0 Å². The van der Waals surface area contributed by atoms with Gasteiger partial charge in [0.1, 0.15) is 11.6 Å². The Morgan fingerprint density at radius 1 is 1.37 bits per heavy atom. The summed E-state index contributed by atoms with van der Waals surface area (Å²) in [6, 6.07) is 7.80. The minimum atomic E-state index is -0.839. The number of nitrogens with one attached hydrogen (secondary N) is 1. The largest absolute Gasteiger partial charge is 0.496 e. The van der Waals surface area contributed by atoms with Crippen LogP contribution in [0.4, 0.5) is 5.82 Å². The van der Waals surface area contributed by atoms with E-state index in [-0.39, 0.29) is 5.25 Å². The van der Waals surface area contributed by atoms with Crippen molar-refractivity contribution in [3.63, 3.8) is 0 Å². The molecule has 2 atom stereocenters. The maximum atomic E-state index is 11.4. The summed E-state index contributed by atoms with van der Waals surface area (Å²) in [6.45, 7) is 2.58. The van der Waals surface area contributed by atoms with Crippen molar-refractivity contribution in [3.8, 4) is 5.75 Å². The van der Waals surface area contributed by atoms with E-state index >= 15 is 0 Å². The Morgan fingerprint density at radius 2 is 2.16 bits per heavy atom. The normalized spacial score (nSPS) is 14.1. The average molecular weight is 278 g/mol. The van der Waals surface area contributed by atoms with Crippen LogP contribution >= 0.6 is 0 Å². The highest BCUT2D eigenvalue weighted by molar-refractivity contribution is 7.84. The zero-order chi connectivity index (χ0) is 13.8. The molecule has 0 aliphatic carbocycles. The Bertz CT molecular complexity index is 601. The summed E-state index contributed by atoms with van der Waals surface area (Å²) < 4.78 is 16.7. The molecule has 2 rings (SSSR count). The first-order chi connectivity index (χ1) is 9.13. The highest BCUT2D eigenvalue weighted by Gasteiger charge is 2.09. The van der Waals surface area contributed by atoms with E-state index in [9.17, 15) is 4.21 Å². The summed E-state index contributed by atoms with van der Waals surface area (Å²) in [4.78, 5) is 4.35. The molecule has 2 aromatic rings. The fourth-order valence-electron chi connectivity index (χ4n) is 1.85. The van der Waals surface area contributed by atoms with Gasteiger partial charge in [-0.05, 0) is 19.1 Å². The molecule has 4 nitrogen and oxygen atoms in total. The Balaban J connectivity index is 2.31. The molecule has 0 bridgehead atoms. The number of nitrogens with zero attached hydrogens (tertiary/aromatic N) is 1. The van der Waals surface area contributed by atoms with Crippen LogP contribution in [0.3, 0.4) is 0 Å². The lowest BCUT2D eigenvalue weighted by Crippen LogP contribution is -2.21. The minimum Gasteiger partial charge on any atom is -0.496 e. The molecule has 0 aliphatic rings. The number of rotatable bonds is 5. The number of benzene rings is 1. The summed E-state index contributed by atoms with van der Waals surface area (Å²) in [5.41, 5.74) is 0. The van der Waals surface area contributed by atoms with Gasteiger partial charge >= 0.3 is 0 Å². The molecule has 2 unspecified atom stereocenters. The molecule has 1 N–H and O–H groups in total. The Hall–Kier alpha value is -1.62. The quantitative estimate of drug-likeness (QED) is 0.912. The molecule has 0 spiro atoms. The summed E-state index contributed by atoms with van der Waals surface area (Å²) in [5, 5.41) is 5.38. The lowest BCUT2D eigenvalue weighted by atomic mass is 10.1. The molecule has 0 saturated heterocycles. The minimum absolute atomic E-state index is 0.0858. The standard InChI is InChI=1S/C14H18N2O2S/c1-10(19(3)17)9-16-14-12-5-4-6-13(18-2)11(12)7-8-15-14/h4-8,10H,9H2,1-3H3,(H,15,16). The molecule has 0 aliphatic heterocycles. The van der Waals surface area contributed by atoms with Gasteiger partial charge in [-0.15, -0.1) is 0 Å². The second-order valence-corrected chi connectivity index (χ2v) is 6.21. The molecule has 0 radical (unpaired) electrons. The second-order valence-electron chi connectivity index (χ2n) is 4.41. The summed E-state index contributed by atoms with van der Waals surface area (Å²) >= 11 is 0. The lowest BCUT2D eigenvalue weighted by molar-refractivity contribution is 0.420. The topological polar surface area (TPSA) is 51.2 Å². The number of ether oxygens (including phenoxy) is 1. The van der Waals surface area contributed by atoms with E-state index in [4.69, 9.17) is 4.74 Å². The molecule has 0 fully saturated rings. The van der Waals surface area contributed by atoms with E-state index < -0.39 is 10.8 Å². The first-order valence-corrected chi connectivity index (χ1v) is 7.73. The van der Waals surface area contributed by atoms with Crippen LogP contribution in [0.25, 0.3) is 10.8 Å². The van der Waals surface area contributed by atoms with E-state index in [1.54, 1.807) is 19.6 Å². The fourth-order valence-corrected chi connectivity index (χ4v) is 2.17. The average Bonchev–Trinajstić information content (AvgIpc) is 2.43. The third-order valence-corrected chi connectivity index (χ3v) is 4.41. The van der Waals surface area contributed by atoms with Gasteiger partial charge in [0.2, 0.25) is 0 Å². The van der Waals surface area contributed by atoms with Crippen LogP contribution in [0.2, 0.25) is 0 Å². The molecule has 1 aromatic carbocycles. The van der Waals surface area contributed by atoms with Gasteiger partial charge in [0.15, 0.2) is 0 Å². The smallest absolute Gasteiger partial charge is 0.133 e. The zero-order valence-electron chi connectivity index (χ0n) is 11.3. The molecule has 102 valence electrons. The maximum absolute atomic E-state index is 11.4. The van der Waals surface area contributed by atoms with Crippen LogP contribution in [-0.2, 0) is 10.8 Å². The third kappa shape index (κ3) is 3.04. The molecule has 0 amide bonds. The molecule has 5 heteroatoms. The summed E-state index contributed by atoms with van der Waals surface area (Å²) in [6.07, 6.45) is 3.46. The lowest BCUT2D eigenvalue weighted by Gasteiger charge is -2.13. The zero-order valence-corrected chi connectivity index (χ0v) is 12.2. The van der Waals surface area contributed by atoms with Gasteiger partial charge < -0.3 is 10.1 Å². The van der Waals surface area contributed by atoms with E-state index in [0.717, 1.165) is 22.3 Å². The number of aromatic nitrogens is 1. The number of anilines is 1. The number of hydrogen-bond acceptors (Lipinski definition) is 4. The van der Waals surface area contributed by atoms with Gasteiger partial charge in [-0.2, -0.15) is 0 Å². The van der Waals surface area contributed by atoms with Crippen molar-refractivity contribution in [2.45, 2.75) is 12.2 Å². The van der Waals surface area contributed by atoms with Gasteiger partial charge in [-0.25, -0.2) is 4.98 Å². The van der Waals surface area contributed by atoms with Crippen molar-refractivity contribution in [2.24, 2.45) is 0 Å². The number of fused-ring (bicyclic) bond motifs is 1. The van der Waals surface area contributed by atoms with Crippen molar-refractivity contribution in [2.75, 3.05) is 25.2 Å². The van der Waals surface area contributed by atoms with Crippen LogP contribution in [0, 0.1) is 0 Å². The van der Waals surface area contributed by atoms with Crippen LogP contribution in [0.1, 0.15) is 6.92 Å². The molecule has 1 heterocycles. The van der Waals surface area contributed by atoms with Crippen LogP contribution in [0.5, 0.6) is 5.75 Å². The van der Waals surface area contributed by atoms with Gasteiger partial charge in [0, 0.05) is 45.8 Å². The Labute approximate surface area is 115 Å². The van der Waals surface area contributed by atoms with Crippen LogP contribution in [0.15, 0.2) is 30.5 Å². The first-order valence-electron chi connectivity index (χ1n) is 6.11. The van der Waals surface area contributed by atoms with E-state index in [1.165, 1.54) is 0 Å². The first kappa shape index (κ1) is 13.8. The monoisotopic (exact) mass is 278 g/mol. The molecule has 0 saturated carbocycles. The molecular formula is C14H18N2O2S. The fraction of sp³-hybridized carbons (Fsp3) is 0.357. The van der Waals surface area contributed by atoms with Gasteiger partial charge in [-0.3, -0.25) is 4.21 Å². The van der Waals surface area contributed by atoms with E-state index in [2.05, 4.69) is 10.3 Å². The number of hydrogen-bond donors (Lipinski definition) is 1. The summed E-state index contributed by atoms with van der Waals surface area (Å²) in [5.74, 6) is 1.63. The predicted octanol–water partition coefficient (Wildman–Crippen LogP) is 2.42. The van der Waals surface area contributed by atoms with Crippen molar-refractivity contribution in [3.05, 3.63) is 30.5 Å². The van der Waals surface area contributed by atoms with Crippen molar-refractivity contribution >= 4 is 27.4 Å². The van der Waals surface area contributed by atoms with E-state index in [1.807, 2.05) is 31.2 Å². The molecule has 1 aromatic heterocycles. The SMILES string of the molecule is COc1cccc2c(NCC(C)S(C)=O)nccc12. The van der Waals surface area contributed by atoms with Crippen LogP contribution in [-0.4, -0.2) is 34.4 Å². The summed E-state index contributed by atoms with van der Waals surface area (Å²) in [7, 11) is 0.819. The van der Waals surface area contributed by atoms with Crippen molar-refractivity contribution in [1.29, 1.82) is 0 Å². The van der Waals surface area contributed by atoms with Crippen molar-refractivity contribution in [1.82, 2.24) is 4.98 Å². The van der Waals surface area contributed by atoms with Gasteiger partial charge in [0.05, 0.1) is 7.11 Å². The van der Waals surface area contributed by atoms with Crippen LogP contribution < -0.4 is 10.1 Å². The highest BCUT2D eigenvalue weighted by Crippen LogP contribution is 2.28. The number of pyridine rings is 1. The molecular weight excluding hydrogens is 260 g/mol. The third-order valence-electron chi connectivity index (χ3n) is 3.11. The van der Waals surface area contributed by atoms with E-state index in [0.29, 0.717) is 6.54 Å². The molecule has 19 heavy (non-hydrogen) atoms. The van der Waals surface area contributed by atoms with Gasteiger partial charge in [-0.1, -0.05) is 12.1 Å². The van der Waals surface area contributed by atoms with Crippen molar-refractivity contribution < 1.29 is 8.95 Å². The maximum Gasteiger partial charge on any atom is 0.133 e.